The van der Waals surface area contributed by atoms with Crippen LogP contribution in [-0.2, 0) is 16.0 Å². The number of aliphatic carboxylic acids is 2. The second-order valence-electron chi connectivity index (χ2n) is 6.33. The van der Waals surface area contributed by atoms with Crippen molar-refractivity contribution in [3.05, 3.63) is 120 Å². The van der Waals surface area contributed by atoms with Crippen molar-refractivity contribution in [2.24, 2.45) is 5.73 Å². The van der Waals surface area contributed by atoms with Gasteiger partial charge in [-0.05, 0) is 29.2 Å². The van der Waals surface area contributed by atoms with Crippen LogP contribution in [0.15, 0.2) is 104 Å². The fraction of sp³-hybridized carbons (Fsp3) is 0.0769. The van der Waals surface area contributed by atoms with E-state index in [1.165, 1.54) is 5.56 Å². The summed E-state index contributed by atoms with van der Waals surface area (Å²) in [6.07, 6.45) is 4.90. The van der Waals surface area contributed by atoms with Crippen molar-refractivity contribution in [3.8, 4) is 0 Å². The monoisotopic (exact) mass is 417 g/mol. The molecule has 3 rings (SSSR count). The molecule has 0 aliphatic rings. The van der Waals surface area contributed by atoms with Gasteiger partial charge in [0, 0.05) is 6.08 Å². The second kappa shape index (κ2) is 15.0. The van der Waals surface area contributed by atoms with E-state index in [4.69, 9.17) is 15.9 Å². The molecule has 0 saturated heterocycles. The van der Waals surface area contributed by atoms with Gasteiger partial charge >= 0.3 is 11.9 Å². The Hall–Kier alpha value is -3.96. The molecule has 0 fully saturated rings. The van der Waals surface area contributed by atoms with Crippen molar-refractivity contribution in [2.75, 3.05) is 0 Å². The van der Waals surface area contributed by atoms with Crippen molar-refractivity contribution in [1.29, 1.82) is 0 Å². The Labute approximate surface area is 182 Å². The molecule has 0 amide bonds. The van der Waals surface area contributed by atoms with Crippen LogP contribution in [0.1, 0.15) is 16.7 Å². The smallest absolute Gasteiger partial charge is 0.328 e. The van der Waals surface area contributed by atoms with Crippen LogP contribution in [0.2, 0.25) is 0 Å². The van der Waals surface area contributed by atoms with Crippen LogP contribution >= 0.6 is 0 Å². The normalized spacial score (nSPS) is 10.6. The van der Waals surface area contributed by atoms with E-state index < -0.39 is 18.0 Å². The summed E-state index contributed by atoms with van der Waals surface area (Å²) in [4.78, 5) is 20.5. The highest BCUT2D eigenvalue weighted by atomic mass is 16.4. The third-order valence-electron chi connectivity index (χ3n) is 3.87. The van der Waals surface area contributed by atoms with Crippen molar-refractivity contribution in [2.45, 2.75) is 12.5 Å². The summed E-state index contributed by atoms with van der Waals surface area (Å²) < 4.78 is 0. The van der Waals surface area contributed by atoms with Crippen molar-refractivity contribution in [3.63, 3.8) is 0 Å². The fourth-order valence-corrected chi connectivity index (χ4v) is 2.28. The summed E-state index contributed by atoms with van der Waals surface area (Å²) in [5, 5.41) is 16.8. The Morgan fingerprint density at radius 2 is 1.26 bits per heavy atom. The zero-order valence-corrected chi connectivity index (χ0v) is 17.2. The van der Waals surface area contributed by atoms with Crippen LogP contribution in [0.4, 0.5) is 0 Å². The summed E-state index contributed by atoms with van der Waals surface area (Å²) in [6, 6.07) is 27.9. The molecule has 0 heterocycles. The van der Waals surface area contributed by atoms with Crippen LogP contribution in [-0.4, -0.2) is 28.2 Å². The number of carboxylic acids is 2. The number of rotatable bonds is 6. The molecule has 160 valence electrons. The summed E-state index contributed by atoms with van der Waals surface area (Å²) in [7, 11) is 0. The minimum atomic E-state index is -0.959. The Kier molecular flexibility index (Phi) is 12.1. The van der Waals surface area contributed by atoms with Crippen LogP contribution in [0, 0.1) is 0 Å². The lowest BCUT2D eigenvalue weighted by molar-refractivity contribution is -0.138. The average Bonchev–Trinajstić information content (AvgIpc) is 2.80. The van der Waals surface area contributed by atoms with Crippen molar-refractivity contribution >= 4 is 24.1 Å². The SMILES string of the molecule is C=Cc1ccccc1.N[C@@H](Cc1ccccc1)C(=O)O.O=C(O)/C=C/c1ccccc1. The maximum Gasteiger partial charge on any atom is 0.328 e. The molecule has 0 aliphatic heterocycles. The zero-order chi connectivity index (χ0) is 22.9. The lowest BCUT2D eigenvalue weighted by Crippen LogP contribution is -2.32. The highest BCUT2D eigenvalue weighted by Gasteiger charge is 2.10. The quantitative estimate of drug-likeness (QED) is 0.502. The molecule has 5 nitrogen and oxygen atoms in total. The van der Waals surface area contributed by atoms with Gasteiger partial charge in [0.1, 0.15) is 6.04 Å². The predicted octanol–water partition coefficient (Wildman–Crippen LogP) is 4.76. The number of carbonyl (C=O) groups is 2. The van der Waals surface area contributed by atoms with Gasteiger partial charge in [-0.3, -0.25) is 4.79 Å². The van der Waals surface area contributed by atoms with Gasteiger partial charge in [-0.1, -0.05) is 104 Å². The third kappa shape index (κ3) is 12.3. The molecule has 0 aromatic heterocycles. The molecule has 3 aromatic rings. The Bertz CT molecular complexity index is 939. The van der Waals surface area contributed by atoms with E-state index in [9.17, 15) is 9.59 Å². The van der Waals surface area contributed by atoms with Crippen LogP contribution in [0.3, 0.4) is 0 Å². The van der Waals surface area contributed by atoms with Crippen molar-refractivity contribution < 1.29 is 19.8 Å². The maximum absolute atomic E-state index is 10.4. The van der Waals surface area contributed by atoms with Crippen molar-refractivity contribution in [1.82, 2.24) is 0 Å². The van der Waals surface area contributed by atoms with Gasteiger partial charge in [-0.15, -0.1) is 0 Å². The van der Waals surface area contributed by atoms with Crippen LogP contribution in [0.25, 0.3) is 12.2 Å². The van der Waals surface area contributed by atoms with E-state index in [-0.39, 0.29) is 0 Å². The molecule has 1 atom stereocenters. The first-order valence-corrected chi connectivity index (χ1v) is 9.58. The van der Waals surface area contributed by atoms with E-state index in [0.29, 0.717) is 6.42 Å². The second-order valence-corrected chi connectivity index (χ2v) is 6.33. The molecule has 0 radical (unpaired) electrons. The molecule has 0 bridgehead atoms. The number of hydrogen-bond donors (Lipinski definition) is 3. The van der Waals surface area contributed by atoms with Gasteiger partial charge in [0.2, 0.25) is 0 Å². The molecular weight excluding hydrogens is 390 g/mol. The molecule has 4 N–H and O–H groups in total. The number of carboxylic acid groups (broad SMARTS) is 2. The molecule has 3 aromatic carbocycles. The van der Waals surface area contributed by atoms with Gasteiger partial charge < -0.3 is 15.9 Å². The van der Waals surface area contributed by atoms with E-state index in [1.807, 2.05) is 97.1 Å². The van der Waals surface area contributed by atoms with E-state index in [1.54, 1.807) is 6.08 Å². The standard InChI is InChI=1S/C9H11NO2.C9H8O2.C8H8/c10-8(9(11)12)6-7-4-2-1-3-5-7;10-9(11)7-6-8-4-2-1-3-5-8;1-2-8-6-4-3-5-7-8/h1-5,8H,6,10H2,(H,11,12);1-7H,(H,10,11);2-7H,1H2/b;7-6+;/t8-;;/m0../s1. The molecular formula is C26H27NO4. The lowest BCUT2D eigenvalue weighted by Gasteiger charge is -2.04. The molecule has 0 aliphatic carbocycles. The van der Waals surface area contributed by atoms with Gasteiger partial charge in [-0.25, -0.2) is 4.79 Å². The topological polar surface area (TPSA) is 101 Å². The maximum atomic E-state index is 10.4. The lowest BCUT2D eigenvalue weighted by atomic mass is 10.1. The summed E-state index contributed by atoms with van der Waals surface area (Å²) in [5.41, 5.74) is 8.37. The first-order chi connectivity index (χ1) is 14.9. The van der Waals surface area contributed by atoms with Crippen LogP contribution in [0.5, 0.6) is 0 Å². The highest BCUT2D eigenvalue weighted by Crippen LogP contribution is 2.01. The predicted molar refractivity (Wildman–Crippen MR) is 125 cm³/mol. The molecule has 5 heteroatoms. The number of benzene rings is 3. The Morgan fingerprint density at radius 1 is 0.806 bits per heavy atom. The number of nitrogens with two attached hydrogens (primary N) is 1. The summed E-state index contributed by atoms with van der Waals surface area (Å²) in [5.74, 6) is -1.88. The van der Waals surface area contributed by atoms with E-state index >= 15 is 0 Å². The Balaban J connectivity index is 0.000000237. The minimum Gasteiger partial charge on any atom is -0.480 e. The van der Waals surface area contributed by atoms with Crippen LogP contribution < -0.4 is 5.73 Å². The highest BCUT2D eigenvalue weighted by molar-refractivity contribution is 5.85. The molecule has 0 spiro atoms. The van der Waals surface area contributed by atoms with Gasteiger partial charge in [0.25, 0.3) is 0 Å². The summed E-state index contributed by atoms with van der Waals surface area (Å²) in [6.45, 7) is 3.63. The van der Waals surface area contributed by atoms with Gasteiger partial charge in [0.15, 0.2) is 0 Å². The van der Waals surface area contributed by atoms with E-state index in [0.717, 1.165) is 17.2 Å². The fourth-order valence-electron chi connectivity index (χ4n) is 2.28. The van der Waals surface area contributed by atoms with Gasteiger partial charge in [0.05, 0.1) is 0 Å². The third-order valence-corrected chi connectivity index (χ3v) is 3.87. The first-order valence-electron chi connectivity index (χ1n) is 9.58. The Morgan fingerprint density at radius 3 is 1.65 bits per heavy atom. The minimum absolute atomic E-state index is 0.385. The van der Waals surface area contributed by atoms with E-state index in [2.05, 4.69) is 6.58 Å². The van der Waals surface area contributed by atoms with Gasteiger partial charge in [-0.2, -0.15) is 0 Å². The summed E-state index contributed by atoms with van der Waals surface area (Å²) >= 11 is 0. The molecule has 0 unspecified atom stereocenters. The average molecular weight is 418 g/mol. The zero-order valence-electron chi connectivity index (χ0n) is 17.2. The molecule has 31 heavy (non-hydrogen) atoms. The first kappa shape index (κ1) is 25.1. The molecule has 0 saturated carbocycles. The number of hydrogen-bond acceptors (Lipinski definition) is 3. The largest absolute Gasteiger partial charge is 0.480 e.